The molecule has 0 heterocycles. The zero-order chi connectivity index (χ0) is 15.3. The van der Waals surface area contributed by atoms with Gasteiger partial charge in [-0.05, 0) is 33.1 Å². The molecule has 0 bridgehead atoms. The van der Waals surface area contributed by atoms with Crippen LogP contribution in [-0.2, 0) is 9.59 Å². The number of hydrogen-bond donors (Lipinski definition) is 3. The van der Waals surface area contributed by atoms with E-state index < -0.39 is 5.97 Å². The van der Waals surface area contributed by atoms with Gasteiger partial charge < -0.3 is 20.6 Å². The van der Waals surface area contributed by atoms with Crippen molar-refractivity contribution < 1.29 is 19.5 Å². The molecule has 2 unspecified atom stereocenters. The van der Waals surface area contributed by atoms with Gasteiger partial charge in [-0.3, -0.25) is 9.59 Å². The molecule has 1 saturated carbocycles. The third kappa shape index (κ3) is 5.07. The fourth-order valence-electron chi connectivity index (χ4n) is 2.28. The lowest BCUT2D eigenvalue weighted by molar-refractivity contribution is -0.141. The number of hydrogen-bond acceptors (Lipinski definition) is 3. The molecular formula is C13H23N3O4. The number of rotatable bonds is 5. The summed E-state index contributed by atoms with van der Waals surface area (Å²) < 4.78 is 0. The quantitative estimate of drug-likeness (QED) is 0.681. The van der Waals surface area contributed by atoms with E-state index in [4.69, 9.17) is 5.11 Å². The molecule has 3 N–H and O–H groups in total. The van der Waals surface area contributed by atoms with Crippen LogP contribution in [0.1, 0.15) is 33.1 Å². The summed E-state index contributed by atoms with van der Waals surface area (Å²) in [5.41, 5.74) is 0. The monoisotopic (exact) mass is 285 g/mol. The van der Waals surface area contributed by atoms with Crippen LogP contribution in [-0.4, -0.2) is 53.6 Å². The number of carbonyl (C=O) groups is 3. The summed E-state index contributed by atoms with van der Waals surface area (Å²) in [6.07, 6.45) is 1.69. The molecule has 114 valence electrons. The first-order valence-electron chi connectivity index (χ1n) is 6.83. The molecule has 7 heteroatoms. The lowest BCUT2D eigenvalue weighted by atomic mass is 10.1. The van der Waals surface area contributed by atoms with E-state index in [1.807, 2.05) is 13.8 Å². The summed E-state index contributed by atoms with van der Waals surface area (Å²) in [6.45, 7) is 3.68. The van der Waals surface area contributed by atoms with Crippen LogP contribution in [0.3, 0.4) is 0 Å². The molecule has 1 fully saturated rings. The van der Waals surface area contributed by atoms with E-state index in [0.717, 1.165) is 0 Å². The Labute approximate surface area is 118 Å². The molecule has 1 aliphatic carbocycles. The second-order valence-corrected chi connectivity index (χ2v) is 5.57. The maximum absolute atomic E-state index is 11.9. The smallest absolute Gasteiger partial charge is 0.317 e. The molecule has 0 aromatic carbocycles. The van der Waals surface area contributed by atoms with Crippen molar-refractivity contribution in [1.29, 1.82) is 0 Å². The minimum Gasteiger partial charge on any atom is -0.481 e. The number of likely N-dealkylation sites (N-methyl/N-ethyl adjacent to an activating group) is 1. The van der Waals surface area contributed by atoms with E-state index in [2.05, 4.69) is 10.6 Å². The van der Waals surface area contributed by atoms with Gasteiger partial charge in [-0.25, -0.2) is 4.79 Å². The molecule has 0 spiro atoms. The van der Waals surface area contributed by atoms with Crippen molar-refractivity contribution in [3.8, 4) is 0 Å². The summed E-state index contributed by atoms with van der Waals surface area (Å²) >= 11 is 0. The molecule has 20 heavy (non-hydrogen) atoms. The van der Waals surface area contributed by atoms with Crippen molar-refractivity contribution in [3.63, 3.8) is 0 Å². The number of urea groups is 1. The average Bonchev–Trinajstić information content (AvgIpc) is 2.76. The molecule has 0 saturated heterocycles. The van der Waals surface area contributed by atoms with Crippen molar-refractivity contribution in [3.05, 3.63) is 0 Å². The second-order valence-electron chi connectivity index (χ2n) is 5.57. The van der Waals surface area contributed by atoms with Gasteiger partial charge in [-0.15, -0.1) is 0 Å². The number of nitrogens with one attached hydrogen (secondary N) is 2. The average molecular weight is 285 g/mol. The molecule has 7 nitrogen and oxygen atoms in total. The highest BCUT2D eigenvalue weighted by atomic mass is 16.4. The number of amides is 3. The SMILES string of the molecule is CC(C)NC(=O)CN(C)C(=O)NC1CCC(C(=O)O)C1. The Balaban J connectivity index is 2.35. The minimum atomic E-state index is -0.814. The van der Waals surface area contributed by atoms with Gasteiger partial charge in [-0.2, -0.15) is 0 Å². The van der Waals surface area contributed by atoms with Crippen LogP contribution < -0.4 is 10.6 Å². The fraction of sp³-hybridized carbons (Fsp3) is 0.769. The minimum absolute atomic E-state index is 0.0148. The van der Waals surface area contributed by atoms with Gasteiger partial charge in [0.1, 0.15) is 6.54 Å². The highest BCUT2D eigenvalue weighted by molar-refractivity contribution is 5.84. The zero-order valence-electron chi connectivity index (χ0n) is 12.2. The van der Waals surface area contributed by atoms with E-state index in [1.54, 1.807) is 7.05 Å². The Morgan fingerprint density at radius 2 is 1.95 bits per heavy atom. The number of aliphatic carboxylic acids is 1. The highest BCUT2D eigenvalue weighted by Crippen LogP contribution is 2.25. The van der Waals surface area contributed by atoms with Gasteiger partial charge in [0.2, 0.25) is 5.91 Å². The predicted octanol–water partition coefficient (Wildman–Crippen LogP) is 0.406. The van der Waals surface area contributed by atoms with Gasteiger partial charge in [0.15, 0.2) is 0 Å². The molecule has 3 amide bonds. The third-order valence-electron chi connectivity index (χ3n) is 3.29. The van der Waals surface area contributed by atoms with Gasteiger partial charge in [0.25, 0.3) is 0 Å². The van der Waals surface area contributed by atoms with E-state index in [0.29, 0.717) is 19.3 Å². The van der Waals surface area contributed by atoms with Gasteiger partial charge in [0, 0.05) is 19.1 Å². The Morgan fingerprint density at radius 3 is 2.45 bits per heavy atom. The first-order chi connectivity index (χ1) is 9.29. The molecule has 2 atom stereocenters. The van der Waals surface area contributed by atoms with E-state index in [9.17, 15) is 14.4 Å². The van der Waals surface area contributed by atoms with Crippen LogP contribution in [0, 0.1) is 5.92 Å². The van der Waals surface area contributed by atoms with E-state index >= 15 is 0 Å². The van der Waals surface area contributed by atoms with E-state index in [-0.39, 0.29) is 36.5 Å². The molecule has 1 aliphatic rings. The Morgan fingerprint density at radius 1 is 1.30 bits per heavy atom. The van der Waals surface area contributed by atoms with Crippen molar-refractivity contribution in [2.75, 3.05) is 13.6 Å². The summed E-state index contributed by atoms with van der Waals surface area (Å²) in [5.74, 6) is -1.41. The fourth-order valence-corrected chi connectivity index (χ4v) is 2.28. The molecular weight excluding hydrogens is 262 g/mol. The Hall–Kier alpha value is -1.79. The van der Waals surface area contributed by atoms with Crippen LogP contribution in [0.4, 0.5) is 4.79 Å². The van der Waals surface area contributed by atoms with Gasteiger partial charge >= 0.3 is 12.0 Å². The van der Waals surface area contributed by atoms with Crippen molar-refractivity contribution in [2.45, 2.75) is 45.2 Å². The van der Waals surface area contributed by atoms with E-state index in [1.165, 1.54) is 4.90 Å². The van der Waals surface area contributed by atoms with Crippen LogP contribution >= 0.6 is 0 Å². The lowest BCUT2D eigenvalue weighted by Gasteiger charge is -2.21. The maximum atomic E-state index is 11.9. The first-order valence-corrected chi connectivity index (χ1v) is 6.83. The van der Waals surface area contributed by atoms with Crippen LogP contribution in [0.15, 0.2) is 0 Å². The molecule has 1 rings (SSSR count). The van der Waals surface area contributed by atoms with Gasteiger partial charge in [0.05, 0.1) is 5.92 Å². The summed E-state index contributed by atoms with van der Waals surface area (Å²) in [4.78, 5) is 35.6. The summed E-state index contributed by atoms with van der Waals surface area (Å²) in [5, 5.41) is 14.4. The standard InChI is InChI=1S/C13H23N3O4/c1-8(2)14-11(17)7-16(3)13(20)15-10-5-4-9(6-10)12(18)19/h8-10H,4-7H2,1-3H3,(H,14,17)(H,15,20)(H,18,19). The number of carbonyl (C=O) groups excluding carboxylic acids is 2. The zero-order valence-corrected chi connectivity index (χ0v) is 12.2. The van der Waals surface area contributed by atoms with Crippen LogP contribution in [0.2, 0.25) is 0 Å². The maximum Gasteiger partial charge on any atom is 0.317 e. The molecule has 0 aliphatic heterocycles. The number of carboxylic acid groups (broad SMARTS) is 1. The highest BCUT2D eigenvalue weighted by Gasteiger charge is 2.31. The topological polar surface area (TPSA) is 98.7 Å². The molecule has 0 radical (unpaired) electrons. The van der Waals surface area contributed by atoms with Gasteiger partial charge in [-0.1, -0.05) is 0 Å². The predicted molar refractivity (Wildman–Crippen MR) is 73.2 cm³/mol. The lowest BCUT2D eigenvalue weighted by Crippen LogP contribution is -2.47. The third-order valence-corrected chi connectivity index (χ3v) is 3.29. The summed E-state index contributed by atoms with van der Waals surface area (Å²) in [6, 6.07) is -0.440. The number of nitrogens with zero attached hydrogens (tertiary/aromatic N) is 1. The van der Waals surface area contributed by atoms with Crippen molar-refractivity contribution in [1.82, 2.24) is 15.5 Å². The summed E-state index contributed by atoms with van der Waals surface area (Å²) in [7, 11) is 1.54. The van der Waals surface area contributed by atoms with Crippen molar-refractivity contribution >= 4 is 17.9 Å². The van der Waals surface area contributed by atoms with Crippen molar-refractivity contribution in [2.24, 2.45) is 5.92 Å². The number of carboxylic acids is 1. The molecule has 0 aromatic heterocycles. The Bertz CT molecular complexity index is 384. The normalized spacial score (nSPS) is 21.6. The van der Waals surface area contributed by atoms with Crippen LogP contribution in [0.25, 0.3) is 0 Å². The van der Waals surface area contributed by atoms with Crippen LogP contribution in [0.5, 0.6) is 0 Å². The Kier molecular flexibility index (Phi) is 5.79. The largest absolute Gasteiger partial charge is 0.481 e. The molecule has 0 aromatic rings. The first kappa shape index (κ1) is 16.3. The second kappa shape index (κ2) is 7.12.